The predicted octanol–water partition coefficient (Wildman–Crippen LogP) is 1.51. The number of hydrogen-bond acceptors (Lipinski definition) is 8. The highest BCUT2D eigenvalue weighted by atomic mass is 32.3. The smallest absolute Gasteiger partial charge is 0.397 e. The molecule has 27 heavy (non-hydrogen) atoms. The van der Waals surface area contributed by atoms with Crippen molar-refractivity contribution in [3.63, 3.8) is 0 Å². The van der Waals surface area contributed by atoms with Crippen LogP contribution in [-0.2, 0) is 34.5 Å². The zero-order valence-corrected chi connectivity index (χ0v) is 17.8. The van der Waals surface area contributed by atoms with Gasteiger partial charge < -0.3 is 10.5 Å². The van der Waals surface area contributed by atoms with E-state index in [-0.39, 0.29) is 18.5 Å². The molecule has 0 aliphatic carbocycles. The molecule has 13 heteroatoms. The molecule has 0 spiro atoms. The van der Waals surface area contributed by atoms with Gasteiger partial charge in [-0.25, -0.2) is 4.18 Å². The Bertz CT molecular complexity index is 550. The first-order chi connectivity index (χ1) is 12.1. The van der Waals surface area contributed by atoms with E-state index in [9.17, 15) is 13.2 Å². The van der Waals surface area contributed by atoms with Gasteiger partial charge in [-0.3, -0.25) is 18.5 Å². The number of unbranched alkanes of at least 4 members (excludes halogenated alkanes) is 2. The van der Waals surface area contributed by atoms with E-state index in [2.05, 4.69) is 4.18 Å². The average molecular weight is 440 g/mol. The second-order valence-electron chi connectivity index (χ2n) is 6.23. The molecule has 0 rings (SSSR count). The maximum atomic E-state index is 11.1. The van der Waals surface area contributed by atoms with E-state index in [1.165, 1.54) is 0 Å². The predicted molar refractivity (Wildman–Crippen MR) is 99.8 cm³/mol. The summed E-state index contributed by atoms with van der Waals surface area (Å²) in [4.78, 5) is 11.1. The molecule has 0 bridgehead atoms. The Labute approximate surface area is 162 Å². The van der Waals surface area contributed by atoms with E-state index in [1.807, 2.05) is 13.8 Å². The molecule has 0 aliphatic heterocycles. The van der Waals surface area contributed by atoms with E-state index < -0.39 is 20.8 Å². The minimum atomic E-state index is -4.67. The highest BCUT2D eigenvalue weighted by Gasteiger charge is 2.04. The number of carbonyl (C=O) groups is 1. The van der Waals surface area contributed by atoms with Gasteiger partial charge in [0.25, 0.3) is 0 Å². The van der Waals surface area contributed by atoms with Crippen LogP contribution in [0, 0.1) is 11.8 Å². The SMILES string of the molecule is CC(C)COC(=O)CCCCCN.CC(C)COS(=O)(=O)O.O=S(=O)(O)O. The minimum absolute atomic E-state index is 0.0266. The standard InChI is InChI=1S/C10H21NO2.C4H10O4S.H2O4S/c1-9(2)8-13-10(12)6-4-3-5-7-11;1-4(2)3-8-9(5,6)7;1-5(2,3)4/h9H,3-8,11H2,1-2H3;4H,3H2,1-2H3,(H,5,6,7);(H2,1,2,3,4). The van der Waals surface area contributed by atoms with Crippen molar-refractivity contribution in [2.24, 2.45) is 17.6 Å². The second kappa shape index (κ2) is 17.3. The fraction of sp³-hybridized carbons (Fsp3) is 0.929. The van der Waals surface area contributed by atoms with Gasteiger partial charge in [-0.2, -0.15) is 16.8 Å². The average Bonchev–Trinajstić information content (AvgIpc) is 2.46. The van der Waals surface area contributed by atoms with Gasteiger partial charge in [0.1, 0.15) is 0 Å². The maximum Gasteiger partial charge on any atom is 0.397 e. The fourth-order valence-electron chi connectivity index (χ4n) is 1.14. The number of carbonyl (C=O) groups excluding carboxylic acids is 1. The third-order valence-corrected chi connectivity index (χ3v) is 2.65. The summed E-state index contributed by atoms with van der Waals surface area (Å²) in [7, 11) is -8.89. The van der Waals surface area contributed by atoms with E-state index in [1.54, 1.807) is 13.8 Å². The van der Waals surface area contributed by atoms with Crippen molar-refractivity contribution in [3.05, 3.63) is 0 Å². The van der Waals surface area contributed by atoms with Crippen LogP contribution in [0.2, 0.25) is 0 Å². The summed E-state index contributed by atoms with van der Waals surface area (Å²) >= 11 is 0. The summed E-state index contributed by atoms with van der Waals surface area (Å²) < 4.78 is 68.4. The van der Waals surface area contributed by atoms with Gasteiger partial charge in [-0.1, -0.05) is 34.1 Å². The molecule has 0 aliphatic rings. The van der Waals surface area contributed by atoms with Gasteiger partial charge in [0, 0.05) is 6.42 Å². The topological polar surface area (TPSA) is 191 Å². The molecule has 0 unspecified atom stereocenters. The summed E-state index contributed by atoms with van der Waals surface area (Å²) in [6, 6.07) is 0. The number of hydrogen-bond donors (Lipinski definition) is 4. The van der Waals surface area contributed by atoms with Crippen LogP contribution in [0.25, 0.3) is 0 Å². The quantitative estimate of drug-likeness (QED) is 0.219. The molecule has 0 fully saturated rings. The highest BCUT2D eigenvalue weighted by molar-refractivity contribution is 7.80. The molecule has 0 aromatic heterocycles. The summed E-state index contributed by atoms with van der Waals surface area (Å²) in [5.41, 5.74) is 5.33. The van der Waals surface area contributed by atoms with Crippen molar-refractivity contribution in [1.82, 2.24) is 0 Å². The van der Waals surface area contributed by atoms with E-state index in [0.29, 0.717) is 25.5 Å². The van der Waals surface area contributed by atoms with Crippen molar-refractivity contribution in [2.75, 3.05) is 19.8 Å². The van der Waals surface area contributed by atoms with Crippen molar-refractivity contribution < 1.29 is 44.2 Å². The first-order valence-corrected chi connectivity index (χ1v) is 11.0. The van der Waals surface area contributed by atoms with Crippen molar-refractivity contribution >= 4 is 26.8 Å². The Morgan fingerprint density at radius 1 is 0.889 bits per heavy atom. The summed E-state index contributed by atoms with van der Waals surface area (Å²) in [5.74, 6) is 0.450. The molecular weight excluding hydrogens is 406 g/mol. The van der Waals surface area contributed by atoms with Crippen LogP contribution in [0.1, 0.15) is 53.4 Å². The van der Waals surface area contributed by atoms with Crippen LogP contribution < -0.4 is 5.73 Å². The van der Waals surface area contributed by atoms with Gasteiger partial charge in [-0.15, -0.1) is 0 Å². The zero-order chi connectivity index (χ0) is 22.1. The fourth-order valence-corrected chi connectivity index (χ4v) is 1.59. The van der Waals surface area contributed by atoms with Crippen LogP contribution in [-0.4, -0.2) is 56.2 Å². The van der Waals surface area contributed by atoms with Gasteiger partial charge in [-0.05, 0) is 31.2 Å². The van der Waals surface area contributed by atoms with Gasteiger partial charge in [0.2, 0.25) is 0 Å². The summed E-state index contributed by atoms with van der Waals surface area (Å²) in [6.45, 7) is 8.90. The molecule has 0 aromatic rings. The summed E-state index contributed by atoms with van der Waals surface area (Å²) in [6.07, 6.45) is 3.45. The van der Waals surface area contributed by atoms with E-state index in [4.69, 9.17) is 32.5 Å². The Balaban J connectivity index is -0.000000356. The molecule has 11 nitrogen and oxygen atoms in total. The van der Waals surface area contributed by atoms with Crippen LogP contribution in [0.3, 0.4) is 0 Å². The van der Waals surface area contributed by atoms with Crippen LogP contribution in [0.4, 0.5) is 0 Å². The minimum Gasteiger partial charge on any atom is -0.465 e. The molecule has 5 N–H and O–H groups in total. The lowest BCUT2D eigenvalue weighted by Gasteiger charge is -2.06. The number of rotatable bonds is 10. The molecule has 0 amide bonds. The molecule has 0 saturated carbocycles. The Kier molecular flexibility index (Phi) is 19.8. The molecule has 0 atom stereocenters. The van der Waals surface area contributed by atoms with Crippen molar-refractivity contribution in [3.8, 4) is 0 Å². The van der Waals surface area contributed by atoms with Gasteiger partial charge in [0.15, 0.2) is 0 Å². The van der Waals surface area contributed by atoms with Crippen LogP contribution >= 0.6 is 0 Å². The van der Waals surface area contributed by atoms with E-state index in [0.717, 1.165) is 19.3 Å². The second-order valence-corrected chi connectivity index (χ2v) is 8.22. The molecule has 0 heterocycles. The van der Waals surface area contributed by atoms with Crippen LogP contribution in [0.15, 0.2) is 0 Å². The Morgan fingerprint density at radius 3 is 1.63 bits per heavy atom. The first-order valence-electron chi connectivity index (χ1n) is 8.25. The number of ether oxygens (including phenoxy) is 1. The molecule has 166 valence electrons. The van der Waals surface area contributed by atoms with Crippen molar-refractivity contribution in [1.29, 1.82) is 0 Å². The van der Waals surface area contributed by atoms with Gasteiger partial charge >= 0.3 is 26.8 Å². The van der Waals surface area contributed by atoms with Crippen LogP contribution in [0.5, 0.6) is 0 Å². The number of esters is 1. The lowest BCUT2D eigenvalue weighted by atomic mass is 10.2. The van der Waals surface area contributed by atoms with Crippen molar-refractivity contribution in [2.45, 2.75) is 53.4 Å². The molecule has 0 radical (unpaired) electrons. The first kappa shape index (κ1) is 30.9. The highest BCUT2D eigenvalue weighted by Crippen LogP contribution is 2.02. The lowest BCUT2D eigenvalue weighted by Crippen LogP contribution is -2.09. The third-order valence-electron chi connectivity index (χ3n) is 2.21. The number of nitrogens with two attached hydrogens (primary N) is 1. The maximum absolute atomic E-state index is 11.1. The Hall–Kier alpha value is -0.830. The molecule has 0 saturated heterocycles. The van der Waals surface area contributed by atoms with E-state index >= 15 is 0 Å². The van der Waals surface area contributed by atoms with Gasteiger partial charge in [0.05, 0.1) is 13.2 Å². The Morgan fingerprint density at radius 2 is 1.33 bits per heavy atom. The monoisotopic (exact) mass is 439 g/mol. The third kappa shape index (κ3) is 51.7. The summed E-state index contributed by atoms with van der Waals surface area (Å²) in [5, 5.41) is 0. The zero-order valence-electron chi connectivity index (χ0n) is 16.2. The largest absolute Gasteiger partial charge is 0.465 e. The molecule has 0 aromatic carbocycles. The molecular formula is C14H33NO10S2. The lowest BCUT2D eigenvalue weighted by molar-refractivity contribution is -0.144. The normalized spacial score (nSPS) is 11.3.